The molecule has 0 spiro atoms. The van der Waals surface area contributed by atoms with Gasteiger partial charge in [-0.05, 0) is 38.1 Å². The molecule has 0 aromatic heterocycles. The molecule has 5 nitrogen and oxygen atoms in total. The first-order valence-corrected chi connectivity index (χ1v) is 6.29. The molecule has 0 radical (unpaired) electrons. The maximum Gasteiger partial charge on any atom is 1.00 e. The number of rotatable bonds is 4. The fourth-order valence-electron chi connectivity index (χ4n) is 1.31. The first-order valence-electron chi connectivity index (χ1n) is 4.88. The predicted octanol–water partition coefficient (Wildman–Crippen LogP) is -1.33. The third-order valence-corrected chi connectivity index (χ3v) is 2.80. The van der Waals surface area contributed by atoms with Crippen LogP contribution in [0.1, 0.15) is 20.3 Å². The summed E-state index contributed by atoms with van der Waals surface area (Å²) in [6.45, 7) is 3.17. The Bertz CT molecular complexity index is 549. The summed E-state index contributed by atoms with van der Waals surface area (Å²) in [4.78, 5) is 14.7. The van der Waals surface area contributed by atoms with Gasteiger partial charge in [0.05, 0.1) is 10.6 Å². The smallest absolute Gasteiger partial charge is 0.744 e. The second kappa shape index (κ2) is 7.16. The van der Waals surface area contributed by atoms with Crippen molar-refractivity contribution in [1.29, 1.82) is 0 Å². The molecule has 1 rings (SSSR count). The molecule has 0 amide bonds. The van der Waals surface area contributed by atoms with Crippen molar-refractivity contribution in [2.45, 2.75) is 25.2 Å². The number of carbonyl (C=O) groups is 1. The molecule has 1 aromatic carbocycles. The Hall–Kier alpha value is -0.530. The number of carbonyl (C=O) groups excluding carboxylic acids is 1. The molecule has 0 aliphatic heterocycles. The number of hydrogen-bond acceptors (Lipinski definition) is 5. The first-order chi connectivity index (χ1) is 7.79. The maximum absolute atomic E-state index is 10.8. The molecule has 0 aliphatic carbocycles. The average Bonchev–Trinajstić information content (AvgIpc) is 2.15. The van der Waals surface area contributed by atoms with Crippen LogP contribution in [0.15, 0.2) is 34.2 Å². The number of Topliss-reactive ketones (excluding diaryl/α,β-unsaturated/α-hetero) is 1. The molecule has 0 unspecified atom stereocenters. The van der Waals surface area contributed by atoms with Crippen LogP contribution in [0.25, 0.3) is 0 Å². The number of benzene rings is 1. The van der Waals surface area contributed by atoms with Crippen molar-refractivity contribution in [3.63, 3.8) is 0 Å². The second-order valence-electron chi connectivity index (χ2n) is 3.67. The molecular formula is C11H12NNaO4S. The van der Waals surface area contributed by atoms with E-state index in [0.717, 1.165) is 0 Å². The molecule has 7 heteroatoms. The van der Waals surface area contributed by atoms with E-state index in [-0.39, 0.29) is 46.7 Å². The van der Waals surface area contributed by atoms with E-state index in [0.29, 0.717) is 11.4 Å². The Morgan fingerprint density at radius 3 is 2.11 bits per heavy atom. The standard InChI is InChI=1S/C11H13NO4S.Na/c1-8(7-9(2)13)12-10-3-5-11(6-4-10)17(14,15)16;/h3-6H,7H2,1-2H3,(H,14,15,16);/q;+1/p-1. The Morgan fingerprint density at radius 2 is 1.72 bits per heavy atom. The quantitative estimate of drug-likeness (QED) is 0.387. The van der Waals surface area contributed by atoms with Crippen LogP contribution in [0.2, 0.25) is 0 Å². The topological polar surface area (TPSA) is 86.6 Å². The van der Waals surface area contributed by atoms with Gasteiger partial charge in [-0.1, -0.05) is 0 Å². The van der Waals surface area contributed by atoms with Crippen molar-refractivity contribution < 1.29 is 47.3 Å². The van der Waals surface area contributed by atoms with Crippen molar-refractivity contribution in [2.75, 3.05) is 0 Å². The van der Waals surface area contributed by atoms with Crippen LogP contribution in [0.3, 0.4) is 0 Å². The van der Waals surface area contributed by atoms with Gasteiger partial charge in [-0.15, -0.1) is 0 Å². The molecule has 0 atom stereocenters. The summed E-state index contributed by atoms with van der Waals surface area (Å²) in [5.74, 6) is 0.00464. The van der Waals surface area contributed by atoms with Crippen molar-refractivity contribution in [2.24, 2.45) is 4.99 Å². The Balaban J connectivity index is 0.00000289. The van der Waals surface area contributed by atoms with Gasteiger partial charge in [0, 0.05) is 12.1 Å². The van der Waals surface area contributed by atoms with Crippen LogP contribution < -0.4 is 29.6 Å². The van der Waals surface area contributed by atoms with Gasteiger partial charge in [0.25, 0.3) is 0 Å². The molecule has 92 valence electrons. The molecule has 0 saturated carbocycles. The maximum atomic E-state index is 10.8. The monoisotopic (exact) mass is 277 g/mol. The van der Waals surface area contributed by atoms with Crippen LogP contribution in [0.4, 0.5) is 5.69 Å². The zero-order valence-corrected chi connectivity index (χ0v) is 13.3. The van der Waals surface area contributed by atoms with Gasteiger partial charge in [-0.2, -0.15) is 0 Å². The van der Waals surface area contributed by atoms with Crippen LogP contribution in [-0.2, 0) is 14.9 Å². The van der Waals surface area contributed by atoms with Crippen LogP contribution in [0, 0.1) is 0 Å². The van der Waals surface area contributed by atoms with E-state index in [4.69, 9.17) is 0 Å². The third kappa shape index (κ3) is 5.88. The van der Waals surface area contributed by atoms with E-state index in [2.05, 4.69) is 4.99 Å². The zero-order chi connectivity index (χ0) is 13.1. The van der Waals surface area contributed by atoms with Gasteiger partial charge in [0.2, 0.25) is 0 Å². The van der Waals surface area contributed by atoms with E-state index in [1.54, 1.807) is 6.92 Å². The van der Waals surface area contributed by atoms with Crippen molar-refractivity contribution in [1.82, 2.24) is 0 Å². The molecule has 0 aliphatic rings. The summed E-state index contributed by atoms with van der Waals surface area (Å²) in [5.41, 5.74) is 1.14. The minimum absolute atomic E-state index is 0. The third-order valence-electron chi connectivity index (χ3n) is 1.95. The van der Waals surface area contributed by atoms with Crippen LogP contribution >= 0.6 is 0 Å². The summed E-state index contributed by atoms with van der Waals surface area (Å²) >= 11 is 0. The van der Waals surface area contributed by atoms with Crippen LogP contribution in [0.5, 0.6) is 0 Å². The fourth-order valence-corrected chi connectivity index (χ4v) is 1.78. The summed E-state index contributed by atoms with van der Waals surface area (Å²) < 4.78 is 32.0. The largest absolute Gasteiger partial charge is 1.00 e. The summed E-state index contributed by atoms with van der Waals surface area (Å²) in [6, 6.07) is 5.24. The molecule has 0 fully saturated rings. The number of aliphatic imine (C=N–C) groups is 1. The molecule has 1 aromatic rings. The van der Waals surface area contributed by atoms with E-state index >= 15 is 0 Å². The number of ketones is 1. The van der Waals surface area contributed by atoms with Gasteiger partial charge in [0.15, 0.2) is 0 Å². The average molecular weight is 277 g/mol. The van der Waals surface area contributed by atoms with Gasteiger partial charge < -0.3 is 4.55 Å². The van der Waals surface area contributed by atoms with Crippen molar-refractivity contribution >= 4 is 27.3 Å². The van der Waals surface area contributed by atoms with Gasteiger partial charge in [0.1, 0.15) is 15.9 Å². The number of hydrogen-bond donors (Lipinski definition) is 0. The summed E-state index contributed by atoms with van der Waals surface area (Å²) in [6.07, 6.45) is 0.252. The van der Waals surface area contributed by atoms with Gasteiger partial charge in [-0.3, -0.25) is 9.79 Å². The molecule has 0 saturated heterocycles. The van der Waals surface area contributed by atoms with Crippen molar-refractivity contribution in [3.05, 3.63) is 24.3 Å². The Morgan fingerprint density at radius 1 is 1.22 bits per heavy atom. The van der Waals surface area contributed by atoms with Crippen LogP contribution in [-0.4, -0.2) is 24.5 Å². The Labute approximate surface area is 128 Å². The fraction of sp³-hybridized carbons (Fsp3) is 0.273. The van der Waals surface area contributed by atoms with Gasteiger partial charge >= 0.3 is 29.6 Å². The van der Waals surface area contributed by atoms with Crippen molar-refractivity contribution in [3.8, 4) is 0 Å². The van der Waals surface area contributed by atoms with Gasteiger partial charge in [-0.25, -0.2) is 8.42 Å². The zero-order valence-electron chi connectivity index (χ0n) is 10.5. The normalized spacial score (nSPS) is 11.8. The van der Waals surface area contributed by atoms with E-state index in [1.807, 2.05) is 0 Å². The molecule has 18 heavy (non-hydrogen) atoms. The Kier molecular flexibility index (Phi) is 6.94. The SMILES string of the molecule is CC(=O)CC(C)=Nc1ccc(S(=O)(=O)[O-])cc1.[Na+]. The van der Waals surface area contributed by atoms with E-state index < -0.39 is 10.1 Å². The molecular weight excluding hydrogens is 265 g/mol. The predicted molar refractivity (Wildman–Crippen MR) is 62.5 cm³/mol. The molecule has 0 heterocycles. The minimum atomic E-state index is -4.42. The number of nitrogens with zero attached hydrogens (tertiary/aromatic N) is 1. The van der Waals surface area contributed by atoms with E-state index in [1.165, 1.54) is 31.2 Å². The van der Waals surface area contributed by atoms with E-state index in [9.17, 15) is 17.8 Å². The minimum Gasteiger partial charge on any atom is -0.744 e. The molecule has 0 N–H and O–H groups in total. The molecule has 0 bridgehead atoms. The second-order valence-corrected chi connectivity index (χ2v) is 5.05. The summed E-state index contributed by atoms with van der Waals surface area (Å²) in [5, 5.41) is 0. The summed E-state index contributed by atoms with van der Waals surface area (Å²) in [7, 11) is -4.42. The first kappa shape index (κ1) is 17.5.